The van der Waals surface area contributed by atoms with Crippen molar-refractivity contribution in [3.8, 4) is 0 Å². The molecule has 0 bridgehead atoms. The molecule has 0 aromatic rings. The van der Waals surface area contributed by atoms with Gasteiger partial charge >= 0.3 is 23.9 Å². The van der Waals surface area contributed by atoms with E-state index in [4.69, 9.17) is 148 Å². The average molecular weight is 1850 g/mol. The number of hydrogen-bond donors (Lipinski definition) is 27. The van der Waals surface area contributed by atoms with Gasteiger partial charge < -0.3 is 221 Å². The number of carbonyl (C=O) groups is 6. The second-order valence-electron chi connectivity index (χ2n) is 27.7. The summed E-state index contributed by atoms with van der Waals surface area (Å²) in [6.07, 6.45) is -39.9. The third-order valence-electron chi connectivity index (χ3n) is 18.5. The van der Waals surface area contributed by atoms with Gasteiger partial charge in [-0.15, -0.1) is 0 Å². The van der Waals surface area contributed by atoms with Gasteiger partial charge in [0.15, 0.2) is 43.7 Å². The third-order valence-corrected chi connectivity index (χ3v) is 18.5. The highest BCUT2D eigenvalue weighted by Crippen LogP contribution is 2.35. The Morgan fingerprint density at radius 2 is 0.683 bits per heavy atom. The molecule has 0 amide bonds. The first-order valence-corrected chi connectivity index (χ1v) is 36.9. The summed E-state index contributed by atoms with van der Waals surface area (Å²) >= 11 is 0. The number of rotatable bonds is 21. The van der Waals surface area contributed by atoms with Gasteiger partial charge in [0.25, 0.3) is 0 Å². The van der Waals surface area contributed by atoms with Crippen LogP contribution in [0.3, 0.4) is 0 Å². The summed E-state index contributed by atoms with van der Waals surface area (Å²) in [6, 6.07) is 0. The molecule has 9 aliphatic rings. The van der Waals surface area contributed by atoms with E-state index in [0.717, 1.165) is 6.42 Å². The smallest absolute Gasteiger partial charge is 0.305 e. The molecule has 63 nitrogen and oxygen atoms in total. The Morgan fingerprint density at radius 3 is 0.937 bits per heavy atom. The number of carboxylic acid groups (broad SMARTS) is 2. The van der Waals surface area contributed by atoms with Crippen molar-refractivity contribution >= 4 is 35.8 Å². The lowest BCUT2D eigenvalue weighted by Crippen LogP contribution is -2.64. The van der Waals surface area contributed by atoms with Crippen LogP contribution in [-0.2, 0) is 90.3 Å². The van der Waals surface area contributed by atoms with Crippen LogP contribution in [0, 0.1) is 11.8 Å². The highest BCUT2D eigenvalue weighted by molar-refractivity contribution is 5.74. The summed E-state index contributed by atoms with van der Waals surface area (Å²) in [5, 5.41) is 264. The number of esters is 4. The standard InChI is InChI=1S/C11H18O5.C10H15N3O5.2C8H13N3O7.C6H12O4.2C5H9N3O4.2C5H10O5.2H3N/c1-5-9-6(2)10(14-7(3)12)11(16-9)15-8(4)13;1-5-8(4-12-13-11)18-10(17-7(3)15)9(5)16-6(2)14;2*9-11-10-2-4(13)6-5(14)3(12)1-8(17,18-6)7(15)16;1-2-3-4(7)5(8)6(9)10-3;2*6-8-7-1-2-3(9)4(10)5(11)12-2;6-2-1-10-5(9)4(8)3(2)7;6-1-2-3(7)4(8)5(9)10-2;;/h6,9-11H,5H2,1-4H3;5,8-10H,4H2,1-3H3;2*3-6,12-14,17H,1-2H2,(H,15,16);3-9H,2H2,1H3;2*2-5,9-11H,1H2;2*2-9H,1H2;2*1H3/t6-,9-,10+,11?;5-,8-,9+,10?;3-,4+,5+,6+,8+;3-,4-,5-,6-,8-;3-,4-,5+,6?;4*2-,3-,4+,5?;;/m110111111../s1. The highest BCUT2D eigenvalue weighted by atomic mass is 16.8. The van der Waals surface area contributed by atoms with E-state index >= 15 is 0 Å². The van der Waals surface area contributed by atoms with Crippen LogP contribution in [0.5, 0.6) is 0 Å². The van der Waals surface area contributed by atoms with E-state index in [1.807, 2.05) is 20.8 Å². The zero-order chi connectivity index (χ0) is 95.3. The van der Waals surface area contributed by atoms with Crippen LogP contribution in [0.15, 0.2) is 25.6 Å². The third kappa shape index (κ3) is 37.2. The quantitative estimate of drug-likeness (QED) is 0.0167. The minimum atomic E-state index is -2.82. The Labute approximate surface area is 711 Å². The molecule has 126 heavy (non-hydrogen) atoms. The van der Waals surface area contributed by atoms with Gasteiger partial charge in [-0.2, -0.15) is 0 Å². The Hall–Kier alpha value is -8.07. The van der Waals surface area contributed by atoms with Crippen LogP contribution in [0.1, 0.15) is 81.1 Å². The minimum Gasteiger partial charge on any atom is -0.544 e. The normalized spacial score (nSPS) is 38.7. The Morgan fingerprint density at radius 1 is 0.397 bits per heavy atom. The highest BCUT2D eigenvalue weighted by Gasteiger charge is 2.52. The zero-order valence-electron chi connectivity index (χ0n) is 69.0. The van der Waals surface area contributed by atoms with Crippen LogP contribution in [-0.4, -0.2) is 430 Å². The van der Waals surface area contributed by atoms with Crippen molar-refractivity contribution in [2.45, 2.75) is 301 Å². The average Bonchev–Trinajstić information content (AvgIpc) is 1.14. The molecule has 9 rings (SSSR count). The van der Waals surface area contributed by atoms with Crippen molar-refractivity contribution < 1.29 is 228 Å². The SMILES string of the molecule is CC(=O)OC1O[C@H](CN=[N+]=[N-])[C@@H](C)[C@@H]1OC(C)=O.CC[C@H]1OC(O)[C@@H](O)[C@@H]1O.CC[C@H]1OC(OC(C)=O)[C@@H](OC(C)=O)[C@@H]1C.OC1OC[C@@H](O)[C@@H](O)[C@@H]1O.OC[C@H]1OC(O)[C@@H](O)[C@@H]1O.[N-]=[N+]=NC[C@@H](O)[C@H]1O[C@@](O)(C(=O)[O-])C[C@@H](O)[C@H]1O.[N-]=[N+]=NC[C@@H](O)[C@H]1O[C@@](O)(C(=O)[O-])C[C@H](O)[C@H]1O.[N-]=[N+]=NC[C@H]1OC(O)[C@@H](O)[C@@H]1O.[N-]=[N+]=NC[C@H]1OC(O)[C@@H](O)[C@@H]1O.[NH4+].[NH4+]. The van der Waals surface area contributed by atoms with E-state index in [2.05, 4.69) is 78.6 Å². The first kappa shape index (κ1) is 120. The minimum absolute atomic E-state index is 0. The number of carboxylic acids is 2. The van der Waals surface area contributed by atoms with E-state index in [9.17, 15) is 79.8 Å². The molecular weight excluding hydrogens is 1730 g/mol. The summed E-state index contributed by atoms with van der Waals surface area (Å²) in [6.45, 7) is 10.9. The topological polar surface area (TPSA) is 1090 Å². The number of ether oxygens (including phenoxy) is 13. The number of hydrogen-bond acceptors (Lipinski definition) is 51. The second-order valence-corrected chi connectivity index (χ2v) is 27.7. The lowest BCUT2D eigenvalue weighted by molar-refractivity contribution is -0.378. The second kappa shape index (κ2) is 58.5. The van der Waals surface area contributed by atoms with Crippen molar-refractivity contribution in [2.75, 3.05) is 45.9 Å². The van der Waals surface area contributed by atoms with Crippen LogP contribution < -0.4 is 22.5 Å². The Bertz CT molecular complexity index is 3370. The summed E-state index contributed by atoms with van der Waals surface area (Å²) < 4.78 is 63.5. The van der Waals surface area contributed by atoms with E-state index < -0.39 is 283 Å². The number of aliphatic hydroxyl groups excluding tert-OH is 23. The molecule has 0 aliphatic carbocycles. The molecule has 38 atom stereocenters. The molecular formula is C63H115N17O46. The van der Waals surface area contributed by atoms with Gasteiger partial charge in [0.05, 0.1) is 101 Å². The number of aliphatic hydroxyl groups is 25. The molecule has 9 aliphatic heterocycles. The van der Waals surface area contributed by atoms with Crippen molar-refractivity contribution in [3.63, 3.8) is 0 Å². The summed E-state index contributed by atoms with van der Waals surface area (Å²) in [4.78, 5) is 77.4. The fourth-order valence-corrected chi connectivity index (χ4v) is 11.7. The number of azide groups is 5. The number of nitrogens with zero attached hydrogens (tertiary/aromatic N) is 15. The van der Waals surface area contributed by atoms with Gasteiger partial charge in [-0.1, -0.05) is 53.3 Å². The zero-order valence-corrected chi connectivity index (χ0v) is 69.0. The van der Waals surface area contributed by atoms with Gasteiger partial charge in [0.2, 0.25) is 24.2 Å². The molecule has 63 heteroatoms. The van der Waals surface area contributed by atoms with Gasteiger partial charge in [-0.25, -0.2) is 0 Å². The van der Waals surface area contributed by atoms with Gasteiger partial charge in [-0.3, -0.25) is 19.2 Å². The lowest BCUT2D eigenvalue weighted by atomic mass is 9.92. The predicted molar refractivity (Wildman–Crippen MR) is 396 cm³/mol. The first-order chi connectivity index (χ1) is 57.8. The number of carbonyl (C=O) groups excluding carboxylic acids is 6. The fraction of sp³-hybridized carbons (Fsp3) is 0.905. The summed E-state index contributed by atoms with van der Waals surface area (Å²) in [5.41, 5.74) is 40.3. The monoisotopic (exact) mass is 1850 g/mol. The maximum atomic E-state index is 11.0. The molecule has 7 unspecified atom stereocenters. The molecule has 9 fully saturated rings. The maximum Gasteiger partial charge on any atom is 0.305 e. The van der Waals surface area contributed by atoms with Crippen molar-refractivity contribution in [2.24, 2.45) is 37.4 Å². The van der Waals surface area contributed by atoms with Crippen LogP contribution >= 0.6 is 0 Å². The van der Waals surface area contributed by atoms with E-state index in [-0.39, 0.29) is 56.5 Å². The molecule has 9 heterocycles. The number of quaternary nitrogens is 2. The molecule has 9 saturated heterocycles. The Kier molecular flexibility index (Phi) is 55.7. The van der Waals surface area contributed by atoms with Crippen LogP contribution in [0.4, 0.5) is 0 Å². The fourth-order valence-electron chi connectivity index (χ4n) is 11.7. The molecule has 0 aromatic heterocycles. The molecule has 0 aromatic carbocycles. The molecule has 0 saturated carbocycles. The van der Waals surface area contributed by atoms with Crippen molar-refractivity contribution in [3.05, 3.63) is 52.2 Å². The first-order valence-electron chi connectivity index (χ1n) is 36.9. The van der Waals surface area contributed by atoms with Gasteiger partial charge in [0.1, 0.15) is 110 Å². The molecule has 728 valence electrons. The molecule has 33 N–H and O–H groups in total. The lowest BCUT2D eigenvalue weighted by Gasteiger charge is -2.44. The van der Waals surface area contributed by atoms with Crippen molar-refractivity contribution in [1.82, 2.24) is 12.3 Å². The van der Waals surface area contributed by atoms with Crippen LogP contribution in [0.25, 0.3) is 52.2 Å². The molecule has 0 radical (unpaired) electrons. The Balaban J connectivity index is 0. The largest absolute Gasteiger partial charge is 0.544 e. The van der Waals surface area contributed by atoms with E-state index in [0.29, 0.717) is 6.42 Å². The van der Waals surface area contributed by atoms with Crippen molar-refractivity contribution in [1.29, 1.82) is 0 Å². The van der Waals surface area contributed by atoms with E-state index in [1.165, 1.54) is 27.7 Å². The van der Waals surface area contributed by atoms with Gasteiger partial charge in [-0.05, 0) is 40.5 Å². The number of aliphatic carboxylic acids is 2. The van der Waals surface area contributed by atoms with Crippen LogP contribution in [0.2, 0.25) is 0 Å². The van der Waals surface area contributed by atoms with E-state index in [1.54, 1.807) is 6.92 Å². The predicted octanol–water partition coefficient (Wildman–Crippen LogP) is -12.5. The summed E-state index contributed by atoms with van der Waals surface area (Å²) in [5.74, 6) is -11.7. The molecule has 0 spiro atoms. The van der Waals surface area contributed by atoms with Gasteiger partial charge in [0, 0.05) is 76.9 Å². The maximum absolute atomic E-state index is 11.0. The summed E-state index contributed by atoms with van der Waals surface area (Å²) in [7, 11) is 0.